The Labute approximate surface area is 113 Å². The number of hydrogen-bond acceptors (Lipinski definition) is 3. The third-order valence-corrected chi connectivity index (χ3v) is 3.75. The molecule has 0 amide bonds. The molecule has 1 N–H and O–H groups in total. The van der Waals surface area contributed by atoms with Crippen molar-refractivity contribution >= 4 is 0 Å². The first-order valence-corrected chi connectivity index (χ1v) is 7.75. The van der Waals surface area contributed by atoms with Gasteiger partial charge in [0, 0.05) is 19.2 Å². The van der Waals surface area contributed by atoms with Crippen LogP contribution < -0.4 is 5.32 Å². The number of rotatable bonds is 12. The molecule has 1 fully saturated rings. The summed E-state index contributed by atoms with van der Waals surface area (Å²) in [6.45, 7) is 9.70. The maximum Gasteiger partial charge on any atom is 0.0593 e. The first-order valence-electron chi connectivity index (χ1n) is 7.75. The van der Waals surface area contributed by atoms with Gasteiger partial charge in [0.25, 0.3) is 0 Å². The Kier molecular flexibility index (Phi) is 8.64. The highest BCUT2D eigenvalue weighted by atomic mass is 16.5. The maximum absolute atomic E-state index is 5.66. The monoisotopic (exact) mass is 256 g/mol. The quantitative estimate of drug-likeness (QED) is 0.543. The Morgan fingerprint density at radius 1 is 1.28 bits per heavy atom. The van der Waals surface area contributed by atoms with Gasteiger partial charge in [-0.05, 0) is 58.2 Å². The number of nitrogens with zero attached hydrogens (tertiary/aromatic N) is 1. The van der Waals surface area contributed by atoms with Crippen molar-refractivity contribution in [2.75, 3.05) is 39.9 Å². The van der Waals surface area contributed by atoms with E-state index in [1.54, 1.807) is 0 Å². The van der Waals surface area contributed by atoms with Crippen LogP contribution in [0.25, 0.3) is 0 Å². The average molecular weight is 256 g/mol. The molecule has 1 unspecified atom stereocenters. The molecule has 0 aromatic heterocycles. The Hall–Kier alpha value is -0.120. The molecule has 0 radical (unpaired) electrons. The van der Waals surface area contributed by atoms with Crippen LogP contribution in [0, 0.1) is 5.92 Å². The summed E-state index contributed by atoms with van der Waals surface area (Å²) in [4.78, 5) is 2.39. The molecule has 0 saturated heterocycles. The minimum Gasteiger partial charge on any atom is -0.380 e. The summed E-state index contributed by atoms with van der Waals surface area (Å²) in [6, 6.07) is 0.703. The predicted molar refractivity (Wildman–Crippen MR) is 78.0 cm³/mol. The molecule has 108 valence electrons. The summed E-state index contributed by atoms with van der Waals surface area (Å²) in [5.74, 6) is 0.890. The minimum atomic E-state index is 0.703. The molecule has 1 atom stereocenters. The van der Waals surface area contributed by atoms with E-state index in [1.807, 2.05) is 0 Å². The Balaban J connectivity index is 1.89. The summed E-state index contributed by atoms with van der Waals surface area (Å²) < 4.78 is 5.66. The lowest BCUT2D eigenvalue weighted by Gasteiger charge is -2.19. The molecule has 0 spiro atoms. The predicted octanol–water partition coefficient (Wildman–Crippen LogP) is 2.51. The van der Waals surface area contributed by atoms with Gasteiger partial charge in [0.1, 0.15) is 0 Å². The Morgan fingerprint density at radius 2 is 2.06 bits per heavy atom. The summed E-state index contributed by atoms with van der Waals surface area (Å²) in [6.07, 6.45) is 6.58. The van der Waals surface area contributed by atoms with Gasteiger partial charge in [-0.25, -0.2) is 0 Å². The van der Waals surface area contributed by atoms with Gasteiger partial charge in [0.15, 0.2) is 0 Å². The fraction of sp³-hybridized carbons (Fsp3) is 1.00. The largest absolute Gasteiger partial charge is 0.380 e. The lowest BCUT2D eigenvalue weighted by atomic mass is 10.1. The van der Waals surface area contributed by atoms with E-state index in [0.717, 1.165) is 32.2 Å². The molecule has 1 saturated carbocycles. The van der Waals surface area contributed by atoms with Crippen LogP contribution in [0.5, 0.6) is 0 Å². The van der Waals surface area contributed by atoms with Crippen LogP contribution in [0.4, 0.5) is 0 Å². The van der Waals surface area contributed by atoms with Crippen LogP contribution in [0.2, 0.25) is 0 Å². The molecular formula is C15H32N2O. The Morgan fingerprint density at radius 3 is 2.67 bits per heavy atom. The van der Waals surface area contributed by atoms with E-state index in [4.69, 9.17) is 4.74 Å². The van der Waals surface area contributed by atoms with Crippen LogP contribution in [0.15, 0.2) is 0 Å². The summed E-state index contributed by atoms with van der Waals surface area (Å²) in [7, 11) is 2.20. The lowest BCUT2D eigenvalue weighted by molar-refractivity contribution is 0.103. The molecule has 3 nitrogen and oxygen atoms in total. The smallest absolute Gasteiger partial charge is 0.0593 e. The standard InChI is InChI=1S/C15H32N2O/c1-4-15(16-5-2)7-6-10-17(3)11-12-18-13-14-8-9-14/h14-16H,4-13H2,1-3H3. The fourth-order valence-corrected chi connectivity index (χ4v) is 2.21. The maximum atomic E-state index is 5.66. The molecule has 18 heavy (non-hydrogen) atoms. The van der Waals surface area contributed by atoms with Gasteiger partial charge in [-0.2, -0.15) is 0 Å². The third kappa shape index (κ3) is 8.06. The number of likely N-dealkylation sites (N-methyl/N-ethyl adjacent to an activating group) is 1. The SMILES string of the molecule is CCNC(CC)CCCN(C)CCOCC1CC1. The van der Waals surface area contributed by atoms with Crippen LogP contribution >= 0.6 is 0 Å². The fourth-order valence-electron chi connectivity index (χ4n) is 2.21. The Bertz CT molecular complexity index is 195. The van der Waals surface area contributed by atoms with E-state index in [1.165, 1.54) is 38.6 Å². The molecule has 0 bridgehead atoms. The first kappa shape index (κ1) is 15.9. The highest BCUT2D eigenvalue weighted by Crippen LogP contribution is 2.28. The van der Waals surface area contributed by atoms with Crippen molar-refractivity contribution in [2.24, 2.45) is 5.92 Å². The molecule has 3 heteroatoms. The first-order chi connectivity index (χ1) is 8.76. The van der Waals surface area contributed by atoms with E-state index in [2.05, 4.69) is 31.1 Å². The van der Waals surface area contributed by atoms with Crippen molar-refractivity contribution in [3.63, 3.8) is 0 Å². The molecule has 1 rings (SSSR count). The second kappa shape index (κ2) is 9.76. The molecule has 0 aromatic carbocycles. The number of ether oxygens (including phenoxy) is 1. The number of nitrogens with one attached hydrogen (secondary N) is 1. The molecule has 1 aliphatic carbocycles. The highest BCUT2D eigenvalue weighted by Gasteiger charge is 2.20. The van der Waals surface area contributed by atoms with Gasteiger partial charge in [-0.15, -0.1) is 0 Å². The van der Waals surface area contributed by atoms with Crippen LogP contribution in [-0.2, 0) is 4.74 Å². The van der Waals surface area contributed by atoms with E-state index in [0.29, 0.717) is 6.04 Å². The highest BCUT2D eigenvalue weighted by molar-refractivity contribution is 4.72. The normalized spacial score (nSPS) is 17.3. The van der Waals surface area contributed by atoms with Crippen molar-refractivity contribution in [3.05, 3.63) is 0 Å². The van der Waals surface area contributed by atoms with Crippen LogP contribution in [-0.4, -0.2) is 50.8 Å². The van der Waals surface area contributed by atoms with Crippen molar-refractivity contribution < 1.29 is 4.74 Å². The van der Waals surface area contributed by atoms with Gasteiger partial charge in [0.05, 0.1) is 6.61 Å². The van der Waals surface area contributed by atoms with Crippen molar-refractivity contribution in [3.8, 4) is 0 Å². The van der Waals surface area contributed by atoms with Gasteiger partial charge in [-0.3, -0.25) is 0 Å². The van der Waals surface area contributed by atoms with Crippen molar-refractivity contribution in [1.82, 2.24) is 10.2 Å². The minimum absolute atomic E-state index is 0.703. The van der Waals surface area contributed by atoms with Gasteiger partial charge >= 0.3 is 0 Å². The van der Waals surface area contributed by atoms with E-state index >= 15 is 0 Å². The van der Waals surface area contributed by atoms with Gasteiger partial charge in [0.2, 0.25) is 0 Å². The molecule has 0 heterocycles. The second-order valence-electron chi connectivity index (χ2n) is 5.63. The third-order valence-electron chi connectivity index (χ3n) is 3.75. The molecule has 0 aliphatic heterocycles. The number of hydrogen-bond donors (Lipinski definition) is 1. The molecular weight excluding hydrogens is 224 g/mol. The van der Waals surface area contributed by atoms with Crippen molar-refractivity contribution in [1.29, 1.82) is 0 Å². The topological polar surface area (TPSA) is 24.5 Å². The molecule has 1 aliphatic rings. The van der Waals surface area contributed by atoms with E-state index in [-0.39, 0.29) is 0 Å². The second-order valence-corrected chi connectivity index (χ2v) is 5.63. The van der Waals surface area contributed by atoms with Crippen LogP contribution in [0.1, 0.15) is 46.0 Å². The summed E-state index contributed by atoms with van der Waals surface area (Å²) in [5, 5.41) is 3.53. The lowest BCUT2D eigenvalue weighted by Crippen LogP contribution is -2.30. The molecule has 0 aromatic rings. The summed E-state index contributed by atoms with van der Waals surface area (Å²) >= 11 is 0. The summed E-state index contributed by atoms with van der Waals surface area (Å²) in [5.41, 5.74) is 0. The average Bonchev–Trinajstić information content (AvgIpc) is 3.17. The zero-order valence-corrected chi connectivity index (χ0v) is 12.6. The van der Waals surface area contributed by atoms with Gasteiger partial charge < -0.3 is 15.0 Å². The van der Waals surface area contributed by atoms with E-state index in [9.17, 15) is 0 Å². The van der Waals surface area contributed by atoms with Gasteiger partial charge in [-0.1, -0.05) is 13.8 Å². The van der Waals surface area contributed by atoms with Crippen molar-refractivity contribution in [2.45, 2.75) is 52.0 Å². The zero-order chi connectivity index (χ0) is 13.2. The zero-order valence-electron chi connectivity index (χ0n) is 12.6. The van der Waals surface area contributed by atoms with Crippen LogP contribution in [0.3, 0.4) is 0 Å². The van der Waals surface area contributed by atoms with E-state index < -0.39 is 0 Å².